The summed E-state index contributed by atoms with van der Waals surface area (Å²) in [6, 6.07) is 0. The van der Waals surface area contributed by atoms with Gasteiger partial charge >= 0.3 is 39.5 Å². The van der Waals surface area contributed by atoms with Crippen LogP contribution in [0.3, 0.4) is 0 Å². The van der Waals surface area contributed by atoms with E-state index in [-0.39, 0.29) is 25.7 Å². The number of ether oxygens (including phenoxy) is 4. The first-order valence-electron chi connectivity index (χ1n) is 42.8. The van der Waals surface area contributed by atoms with Crippen LogP contribution < -0.4 is 0 Å². The molecule has 0 bridgehead atoms. The molecule has 0 radical (unpaired) electrons. The van der Waals surface area contributed by atoms with Crippen molar-refractivity contribution in [3.63, 3.8) is 0 Å². The molecule has 103 heavy (non-hydrogen) atoms. The number of carbonyl (C=O) groups excluding carboxylic acids is 4. The van der Waals surface area contributed by atoms with Gasteiger partial charge in [0.15, 0.2) is 12.2 Å². The Labute approximate surface area is 631 Å². The summed E-state index contributed by atoms with van der Waals surface area (Å²) in [7, 11) is -9.94. The second-order valence-corrected chi connectivity index (χ2v) is 33.2. The summed E-state index contributed by atoms with van der Waals surface area (Å²) < 4.78 is 68.7. The van der Waals surface area contributed by atoms with Crippen LogP contribution >= 0.6 is 15.6 Å². The standard InChI is InChI=1S/C84H160O17P2/c1-7-10-12-14-16-18-20-22-24-25-26-27-28-29-31-37-41-45-49-57-63-68-83(88)100-79(72-94-81(86)66-60-54-47-43-39-35-33-32-34-38-42-46-53-59-65-77(6)9-3)74-98-102(90,91)96-70-78(85)71-97-103(92,93)99-75-80(73-95-82(87)67-61-55-51-50-52-58-64-76(4)5)101-84(89)69-62-56-48-44-40-36-30-23-21-19-17-15-13-11-8-2/h19,21,23,30,76-80,85H,7-18,20,22,24-29,31-75H2,1-6H3,(H,90,91)(H,92,93)/b21-19-,30-23-/t77?,78-,79-,80-/m1/s1. The molecule has 19 heteroatoms. The predicted octanol–water partition coefficient (Wildman–Crippen LogP) is 25.0. The Morgan fingerprint density at radius 1 is 0.320 bits per heavy atom. The first-order valence-corrected chi connectivity index (χ1v) is 45.8. The zero-order chi connectivity index (χ0) is 75.6. The summed E-state index contributed by atoms with van der Waals surface area (Å²) >= 11 is 0. The fourth-order valence-electron chi connectivity index (χ4n) is 12.5. The van der Waals surface area contributed by atoms with Crippen molar-refractivity contribution >= 4 is 39.5 Å². The number of allylic oxidation sites excluding steroid dienone is 4. The molecule has 0 aliphatic carbocycles. The van der Waals surface area contributed by atoms with E-state index in [9.17, 15) is 43.2 Å². The van der Waals surface area contributed by atoms with Crippen LogP contribution in [0.5, 0.6) is 0 Å². The molecule has 0 saturated carbocycles. The van der Waals surface area contributed by atoms with Crippen molar-refractivity contribution in [2.75, 3.05) is 39.6 Å². The molecular weight excluding hydrogens is 1340 g/mol. The van der Waals surface area contributed by atoms with E-state index in [4.69, 9.17) is 37.0 Å². The van der Waals surface area contributed by atoms with Crippen molar-refractivity contribution in [1.29, 1.82) is 0 Å². The van der Waals surface area contributed by atoms with Gasteiger partial charge in [-0.3, -0.25) is 37.3 Å². The molecular formula is C84H160O17P2. The maximum atomic E-state index is 13.1. The van der Waals surface area contributed by atoms with E-state index in [1.54, 1.807) is 0 Å². The Kier molecular flexibility index (Phi) is 73.2. The number of carbonyl (C=O) groups is 4. The number of phosphoric acid groups is 2. The lowest BCUT2D eigenvalue weighted by Crippen LogP contribution is -2.30. The van der Waals surface area contributed by atoms with Crippen LogP contribution in [0, 0.1) is 11.8 Å². The highest BCUT2D eigenvalue weighted by molar-refractivity contribution is 7.47. The van der Waals surface area contributed by atoms with Gasteiger partial charge in [-0.25, -0.2) is 9.13 Å². The van der Waals surface area contributed by atoms with E-state index in [0.717, 1.165) is 115 Å². The third-order valence-electron chi connectivity index (χ3n) is 19.4. The summed E-state index contributed by atoms with van der Waals surface area (Å²) in [5, 5.41) is 10.6. The smallest absolute Gasteiger partial charge is 0.462 e. The molecule has 6 atom stereocenters. The fraction of sp³-hybridized carbons (Fsp3) is 0.905. The molecule has 0 aliphatic heterocycles. The summed E-state index contributed by atoms with van der Waals surface area (Å²) in [6.45, 7) is 9.55. The second-order valence-electron chi connectivity index (χ2n) is 30.3. The topological polar surface area (TPSA) is 237 Å². The average Bonchev–Trinajstić information content (AvgIpc) is 1.11. The summed E-state index contributed by atoms with van der Waals surface area (Å²) in [4.78, 5) is 73.0. The molecule has 0 aromatic carbocycles. The largest absolute Gasteiger partial charge is 0.472 e. The van der Waals surface area contributed by atoms with Gasteiger partial charge in [0.25, 0.3) is 0 Å². The van der Waals surface area contributed by atoms with Crippen molar-refractivity contribution in [2.45, 2.75) is 439 Å². The normalized spacial score (nSPS) is 14.3. The SMILES string of the molecule is CCCCCC/C=C\C=C/CCCCCCCC(=O)O[C@H](COC(=O)CCCCCCCCC(C)C)COP(=O)(O)OC[C@H](O)COP(=O)(O)OC[C@@H](COC(=O)CCCCCCCCCCCCCCCCC(C)CC)OC(=O)CCCCCCCCCCCCCCCCCCCCCCC. The molecule has 0 aromatic rings. The molecule has 608 valence electrons. The van der Waals surface area contributed by atoms with Gasteiger partial charge < -0.3 is 33.8 Å². The van der Waals surface area contributed by atoms with E-state index in [1.165, 1.54) is 218 Å². The predicted molar refractivity (Wildman–Crippen MR) is 423 cm³/mol. The maximum absolute atomic E-state index is 13.1. The molecule has 3 unspecified atom stereocenters. The Bertz CT molecular complexity index is 2070. The highest BCUT2D eigenvalue weighted by Gasteiger charge is 2.30. The molecule has 0 spiro atoms. The lowest BCUT2D eigenvalue weighted by Gasteiger charge is -2.21. The number of esters is 4. The summed E-state index contributed by atoms with van der Waals surface area (Å²) in [5.74, 6) is -0.615. The van der Waals surface area contributed by atoms with Gasteiger partial charge in [0, 0.05) is 25.7 Å². The van der Waals surface area contributed by atoms with E-state index in [2.05, 4.69) is 65.8 Å². The van der Waals surface area contributed by atoms with Gasteiger partial charge in [0.1, 0.15) is 19.3 Å². The minimum atomic E-state index is -4.97. The monoisotopic (exact) mass is 1500 g/mol. The number of aliphatic hydroxyl groups excluding tert-OH is 1. The fourth-order valence-corrected chi connectivity index (χ4v) is 14.1. The second kappa shape index (κ2) is 75.0. The molecule has 0 rings (SSSR count). The van der Waals surface area contributed by atoms with Crippen molar-refractivity contribution in [1.82, 2.24) is 0 Å². The Balaban J connectivity index is 5.24. The van der Waals surface area contributed by atoms with Crippen LogP contribution in [-0.2, 0) is 65.4 Å². The molecule has 0 aliphatic rings. The zero-order valence-electron chi connectivity index (χ0n) is 67.1. The molecule has 3 N–H and O–H groups in total. The highest BCUT2D eigenvalue weighted by Crippen LogP contribution is 2.45. The summed E-state index contributed by atoms with van der Waals surface area (Å²) in [6.07, 6.45) is 69.0. The van der Waals surface area contributed by atoms with Crippen LogP contribution in [0.25, 0.3) is 0 Å². The number of rotatable bonds is 81. The number of aliphatic hydroxyl groups is 1. The van der Waals surface area contributed by atoms with Gasteiger partial charge in [-0.1, -0.05) is 368 Å². The Hall–Kier alpha value is -2.46. The van der Waals surface area contributed by atoms with E-state index >= 15 is 0 Å². The van der Waals surface area contributed by atoms with E-state index < -0.39 is 97.5 Å². The average molecular weight is 1500 g/mol. The number of unbranched alkanes of at least 4 members (excludes halogenated alkanes) is 47. The molecule has 0 aromatic heterocycles. The van der Waals surface area contributed by atoms with Gasteiger partial charge in [-0.2, -0.15) is 0 Å². The Morgan fingerprint density at radius 3 is 0.874 bits per heavy atom. The zero-order valence-corrected chi connectivity index (χ0v) is 68.9. The van der Waals surface area contributed by atoms with Gasteiger partial charge in [0.2, 0.25) is 0 Å². The third-order valence-corrected chi connectivity index (χ3v) is 21.3. The quantitative estimate of drug-likeness (QED) is 0.0169. The molecule has 17 nitrogen and oxygen atoms in total. The van der Waals surface area contributed by atoms with E-state index in [1.807, 2.05) is 0 Å². The Morgan fingerprint density at radius 2 is 0.573 bits per heavy atom. The van der Waals surface area contributed by atoms with Gasteiger partial charge in [0.05, 0.1) is 26.4 Å². The minimum Gasteiger partial charge on any atom is -0.462 e. The van der Waals surface area contributed by atoms with Gasteiger partial charge in [-0.15, -0.1) is 0 Å². The first-order chi connectivity index (χ1) is 49.9. The molecule has 0 heterocycles. The van der Waals surface area contributed by atoms with Crippen molar-refractivity contribution in [3.05, 3.63) is 24.3 Å². The highest BCUT2D eigenvalue weighted by atomic mass is 31.2. The van der Waals surface area contributed by atoms with Crippen molar-refractivity contribution in [3.8, 4) is 0 Å². The van der Waals surface area contributed by atoms with Crippen LogP contribution in [0.1, 0.15) is 420 Å². The molecule has 0 fully saturated rings. The van der Waals surface area contributed by atoms with E-state index in [0.29, 0.717) is 31.6 Å². The number of hydrogen-bond donors (Lipinski definition) is 3. The van der Waals surface area contributed by atoms with Crippen LogP contribution in [-0.4, -0.2) is 96.7 Å². The first kappa shape index (κ1) is 101. The van der Waals surface area contributed by atoms with Crippen LogP contribution in [0.4, 0.5) is 0 Å². The minimum absolute atomic E-state index is 0.0842. The van der Waals surface area contributed by atoms with Gasteiger partial charge in [-0.05, 0) is 63.2 Å². The lowest BCUT2D eigenvalue weighted by molar-refractivity contribution is -0.161. The number of phosphoric ester groups is 2. The van der Waals surface area contributed by atoms with Crippen LogP contribution in [0.2, 0.25) is 0 Å². The van der Waals surface area contributed by atoms with Crippen molar-refractivity contribution < 1.29 is 80.2 Å². The lowest BCUT2D eigenvalue weighted by atomic mass is 9.99. The third kappa shape index (κ3) is 76.1. The summed E-state index contributed by atoms with van der Waals surface area (Å²) in [5.41, 5.74) is 0. The molecule has 0 saturated heterocycles. The maximum Gasteiger partial charge on any atom is 0.472 e. The molecule has 0 amide bonds. The number of hydrogen-bond acceptors (Lipinski definition) is 15. The van der Waals surface area contributed by atoms with Crippen LogP contribution in [0.15, 0.2) is 24.3 Å². The van der Waals surface area contributed by atoms with Crippen molar-refractivity contribution in [2.24, 2.45) is 11.8 Å².